The van der Waals surface area contributed by atoms with Crippen molar-refractivity contribution in [1.82, 2.24) is 0 Å². The van der Waals surface area contributed by atoms with Gasteiger partial charge < -0.3 is 16.3 Å². The number of rotatable bonds is 3. The summed E-state index contributed by atoms with van der Waals surface area (Å²) >= 11 is 0. The minimum atomic E-state index is 0.0583. The van der Waals surface area contributed by atoms with Crippen molar-refractivity contribution in [3.63, 3.8) is 0 Å². The summed E-state index contributed by atoms with van der Waals surface area (Å²) in [5, 5.41) is 14.5. The average Bonchev–Trinajstić information content (AvgIpc) is 2.44. The van der Waals surface area contributed by atoms with Crippen molar-refractivity contribution < 1.29 is 9.52 Å². The highest BCUT2D eigenvalue weighted by atomic mass is 16.5. The van der Waals surface area contributed by atoms with Crippen LogP contribution in [0.4, 0.5) is 5.69 Å². The zero-order valence-electron chi connectivity index (χ0n) is 12.2. The van der Waals surface area contributed by atoms with Crippen LogP contribution in [0.2, 0.25) is 0 Å². The van der Waals surface area contributed by atoms with Crippen LogP contribution in [0.1, 0.15) is 37.1 Å². The highest BCUT2D eigenvalue weighted by molar-refractivity contribution is 5.92. The van der Waals surface area contributed by atoms with Crippen molar-refractivity contribution in [3.05, 3.63) is 28.7 Å². The van der Waals surface area contributed by atoms with Gasteiger partial charge in [0.2, 0.25) is 5.91 Å². The predicted octanol–water partition coefficient (Wildman–Crippen LogP) is 1.64. The van der Waals surface area contributed by atoms with E-state index >= 15 is 0 Å². The van der Waals surface area contributed by atoms with E-state index in [0.29, 0.717) is 23.0 Å². The maximum Gasteiger partial charge on any atom is 0.227 e. The highest BCUT2D eigenvalue weighted by Crippen LogP contribution is 2.29. The summed E-state index contributed by atoms with van der Waals surface area (Å²) in [6.45, 7) is 4.19. The number of anilines is 1. The number of nitrogens with zero attached hydrogens (tertiary/aromatic N) is 1. The van der Waals surface area contributed by atoms with Crippen LogP contribution >= 0.6 is 0 Å². The first-order valence-corrected chi connectivity index (χ1v) is 7.23. The molecule has 0 saturated heterocycles. The minimum absolute atomic E-state index is 0.0583. The lowest BCUT2D eigenvalue weighted by Gasteiger charge is -2.26. The molecule has 1 aromatic heterocycles. The van der Waals surface area contributed by atoms with Crippen molar-refractivity contribution in [1.29, 1.82) is 0 Å². The molecule has 1 aromatic rings. The van der Waals surface area contributed by atoms with E-state index in [1.807, 2.05) is 0 Å². The number of nitrogens with one attached hydrogen (secondary N) is 1. The smallest absolute Gasteiger partial charge is 0.227 e. The monoisotopic (exact) mass is 277 g/mol. The number of amides is 1. The lowest BCUT2D eigenvalue weighted by Crippen LogP contribution is -2.34. The summed E-state index contributed by atoms with van der Waals surface area (Å²) < 4.78 is 0.863. The molecule has 0 atom stereocenters. The SMILES string of the molecule is Cc1cc(NC(=O)[C@H]2CC[C@H](CN)CC2)cc(C)[n+]1[O-]. The summed E-state index contributed by atoms with van der Waals surface area (Å²) in [4.78, 5) is 12.2. The third-order valence-electron chi connectivity index (χ3n) is 4.19. The normalized spacial score (nSPS) is 22.6. The quantitative estimate of drug-likeness (QED) is 0.651. The van der Waals surface area contributed by atoms with Gasteiger partial charge in [0.15, 0.2) is 11.4 Å². The number of aryl methyl sites for hydroxylation is 2. The fourth-order valence-electron chi connectivity index (χ4n) is 2.86. The molecule has 0 radical (unpaired) electrons. The van der Waals surface area contributed by atoms with Crippen molar-refractivity contribution in [3.8, 4) is 0 Å². The summed E-state index contributed by atoms with van der Waals surface area (Å²) in [6.07, 6.45) is 3.87. The predicted molar refractivity (Wildman–Crippen MR) is 78.0 cm³/mol. The van der Waals surface area contributed by atoms with Gasteiger partial charge in [0.25, 0.3) is 0 Å². The average molecular weight is 277 g/mol. The summed E-state index contributed by atoms with van der Waals surface area (Å²) in [7, 11) is 0. The first-order chi connectivity index (χ1) is 9.51. The molecule has 1 fully saturated rings. The van der Waals surface area contributed by atoms with Gasteiger partial charge in [-0.25, -0.2) is 0 Å². The number of hydrogen-bond acceptors (Lipinski definition) is 3. The molecule has 1 aliphatic carbocycles. The van der Waals surface area contributed by atoms with E-state index < -0.39 is 0 Å². The van der Waals surface area contributed by atoms with Gasteiger partial charge in [0.1, 0.15) is 0 Å². The van der Waals surface area contributed by atoms with Crippen LogP contribution in [-0.4, -0.2) is 12.5 Å². The van der Waals surface area contributed by atoms with Crippen LogP contribution in [0.25, 0.3) is 0 Å². The van der Waals surface area contributed by atoms with Crippen LogP contribution in [0.5, 0.6) is 0 Å². The third kappa shape index (κ3) is 3.28. The highest BCUT2D eigenvalue weighted by Gasteiger charge is 2.25. The second-order valence-corrected chi connectivity index (χ2v) is 5.76. The van der Waals surface area contributed by atoms with Gasteiger partial charge in [-0.2, -0.15) is 4.73 Å². The Balaban J connectivity index is 1.98. The van der Waals surface area contributed by atoms with E-state index in [1.165, 1.54) is 0 Å². The number of carbonyl (C=O) groups is 1. The molecule has 110 valence electrons. The Labute approximate surface area is 119 Å². The molecule has 1 saturated carbocycles. The van der Waals surface area contributed by atoms with Gasteiger partial charge in [-0.3, -0.25) is 4.79 Å². The van der Waals surface area contributed by atoms with Gasteiger partial charge in [-0.1, -0.05) is 0 Å². The van der Waals surface area contributed by atoms with Crippen molar-refractivity contribution >= 4 is 11.6 Å². The second kappa shape index (κ2) is 6.22. The molecule has 1 amide bonds. The number of hydrogen-bond donors (Lipinski definition) is 2. The van der Waals surface area contributed by atoms with Crippen molar-refractivity contribution in [2.24, 2.45) is 17.6 Å². The summed E-state index contributed by atoms with van der Waals surface area (Å²) in [5.41, 5.74) is 7.55. The lowest BCUT2D eigenvalue weighted by atomic mass is 9.81. The van der Waals surface area contributed by atoms with E-state index in [0.717, 1.165) is 37.0 Å². The molecule has 0 unspecified atom stereocenters. The molecular formula is C15H23N3O2. The van der Waals surface area contributed by atoms with Crippen LogP contribution in [0.3, 0.4) is 0 Å². The Hall–Kier alpha value is -1.62. The molecule has 1 heterocycles. The number of pyridine rings is 1. The van der Waals surface area contributed by atoms with Crippen LogP contribution in [-0.2, 0) is 4.79 Å². The van der Waals surface area contributed by atoms with Crippen LogP contribution < -0.4 is 15.8 Å². The molecule has 3 N–H and O–H groups in total. The zero-order valence-corrected chi connectivity index (χ0v) is 12.2. The van der Waals surface area contributed by atoms with E-state index in [2.05, 4.69) is 5.32 Å². The Morgan fingerprint density at radius 3 is 2.35 bits per heavy atom. The summed E-state index contributed by atoms with van der Waals surface area (Å²) in [6, 6.07) is 3.42. The molecule has 20 heavy (non-hydrogen) atoms. The first-order valence-electron chi connectivity index (χ1n) is 7.23. The third-order valence-corrected chi connectivity index (χ3v) is 4.19. The van der Waals surface area contributed by atoms with Gasteiger partial charge in [0.05, 0.1) is 5.69 Å². The maximum atomic E-state index is 12.2. The standard InChI is InChI=1S/C15H23N3O2/c1-10-7-14(8-11(2)18(10)20)17-15(19)13-5-3-12(9-16)4-6-13/h7-8,12-13H,3-6,9,16H2,1-2H3,(H,17,19)/t12-,13-. The number of carbonyl (C=O) groups excluding carboxylic acids is 1. The molecule has 5 heteroatoms. The van der Waals surface area contributed by atoms with Crippen molar-refractivity contribution in [2.75, 3.05) is 11.9 Å². The topological polar surface area (TPSA) is 82.1 Å². The molecule has 2 rings (SSSR count). The van der Waals surface area contributed by atoms with Crippen LogP contribution in [0, 0.1) is 30.9 Å². The lowest BCUT2D eigenvalue weighted by molar-refractivity contribution is -0.618. The van der Waals surface area contributed by atoms with Crippen molar-refractivity contribution in [2.45, 2.75) is 39.5 Å². The molecule has 0 aliphatic heterocycles. The first kappa shape index (κ1) is 14.8. The fraction of sp³-hybridized carbons (Fsp3) is 0.600. The zero-order chi connectivity index (χ0) is 14.7. The number of aromatic nitrogens is 1. The molecule has 0 aromatic carbocycles. The van der Waals surface area contributed by atoms with Gasteiger partial charge in [0, 0.05) is 31.9 Å². The van der Waals surface area contributed by atoms with Gasteiger partial charge in [-0.05, 0) is 38.1 Å². The summed E-state index contributed by atoms with van der Waals surface area (Å²) in [5.74, 6) is 0.695. The fourth-order valence-corrected chi connectivity index (χ4v) is 2.86. The molecule has 0 spiro atoms. The Kier molecular flexibility index (Phi) is 4.60. The molecule has 0 bridgehead atoms. The Morgan fingerprint density at radius 1 is 1.30 bits per heavy atom. The molecule has 5 nitrogen and oxygen atoms in total. The van der Waals surface area contributed by atoms with Gasteiger partial charge >= 0.3 is 0 Å². The largest absolute Gasteiger partial charge is 0.618 e. The van der Waals surface area contributed by atoms with E-state index in [9.17, 15) is 10.0 Å². The van der Waals surface area contributed by atoms with Gasteiger partial charge in [-0.15, -0.1) is 0 Å². The Morgan fingerprint density at radius 2 is 1.85 bits per heavy atom. The van der Waals surface area contributed by atoms with E-state index in [-0.39, 0.29) is 11.8 Å². The van der Waals surface area contributed by atoms with E-state index in [1.54, 1.807) is 26.0 Å². The van der Waals surface area contributed by atoms with Crippen LogP contribution in [0.15, 0.2) is 12.1 Å². The molecule has 1 aliphatic rings. The Bertz CT molecular complexity index is 471. The maximum absolute atomic E-state index is 12.2. The second-order valence-electron chi connectivity index (χ2n) is 5.76. The van der Waals surface area contributed by atoms with E-state index in [4.69, 9.17) is 5.73 Å². The number of nitrogens with two attached hydrogens (primary N) is 1. The minimum Gasteiger partial charge on any atom is -0.618 e. The molecular weight excluding hydrogens is 254 g/mol.